The number of aryl methyl sites for hydroxylation is 1. The first-order chi connectivity index (χ1) is 17.1. The first-order valence-electron chi connectivity index (χ1n) is 12.0. The number of nitrogens with one attached hydrogen (secondary N) is 1. The Kier molecular flexibility index (Phi) is 8.70. The predicted molar refractivity (Wildman–Crippen MR) is 144 cm³/mol. The van der Waals surface area contributed by atoms with Crippen LogP contribution in [0.2, 0.25) is 0 Å². The molecule has 0 aliphatic heterocycles. The van der Waals surface area contributed by atoms with Crippen molar-refractivity contribution < 1.29 is 18.0 Å². The van der Waals surface area contributed by atoms with Gasteiger partial charge in [0, 0.05) is 49.9 Å². The minimum absolute atomic E-state index is 0.0904. The number of fused-ring (bicyclic) bond motifs is 1. The number of benzene rings is 2. The molecular formula is C27H34N4O4S. The van der Waals surface area contributed by atoms with Crippen LogP contribution in [-0.2, 0) is 15.0 Å². The Labute approximate surface area is 213 Å². The maximum atomic E-state index is 13.6. The Morgan fingerprint density at radius 3 is 2.17 bits per heavy atom. The molecule has 36 heavy (non-hydrogen) atoms. The molecular weight excluding hydrogens is 476 g/mol. The van der Waals surface area contributed by atoms with Gasteiger partial charge in [0.25, 0.3) is 11.8 Å². The highest BCUT2D eigenvalue weighted by atomic mass is 32.2. The van der Waals surface area contributed by atoms with Crippen molar-refractivity contribution in [2.45, 2.75) is 33.6 Å². The Hall–Kier alpha value is -3.43. The second-order valence-electron chi connectivity index (χ2n) is 8.86. The van der Waals surface area contributed by atoms with Crippen molar-refractivity contribution in [3.8, 4) is 0 Å². The molecule has 0 aliphatic rings. The maximum absolute atomic E-state index is 13.6. The number of carbonyl (C=O) groups is 2. The molecule has 0 spiro atoms. The summed E-state index contributed by atoms with van der Waals surface area (Å²) in [4.78, 5) is 28.4. The van der Waals surface area contributed by atoms with E-state index >= 15 is 0 Å². The molecule has 0 saturated heterocycles. The number of aromatic nitrogens is 1. The van der Waals surface area contributed by atoms with Gasteiger partial charge in [0.15, 0.2) is 0 Å². The van der Waals surface area contributed by atoms with Gasteiger partial charge in [0.05, 0.1) is 5.52 Å². The smallest absolute Gasteiger partial charge is 0.307 e. The third kappa shape index (κ3) is 5.85. The van der Waals surface area contributed by atoms with Gasteiger partial charge in [-0.3, -0.25) is 9.59 Å². The molecule has 3 aromatic rings. The molecule has 2 amide bonds. The van der Waals surface area contributed by atoms with Gasteiger partial charge < -0.3 is 10.2 Å². The first kappa shape index (κ1) is 27.2. The summed E-state index contributed by atoms with van der Waals surface area (Å²) in [6, 6.07) is 14.1. The number of para-hydroxylation sites is 1. The Morgan fingerprint density at radius 1 is 0.972 bits per heavy atom. The fourth-order valence-electron chi connectivity index (χ4n) is 3.89. The van der Waals surface area contributed by atoms with Crippen molar-refractivity contribution in [1.82, 2.24) is 18.5 Å². The average Bonchev–Trinajstić information content (AvgIpc) is 3.22. The van der Waals surface area contributed by atoms with E-state index in [1.54, 1.807) is 47.4 Å². The topological polar surface area (TPSA) is 91.7 Å². The van der Waals surface area contributed by atoms with Crippen molar-refractivity contribution in [3.05, 3.63) is 77.1 Å². The fourth-order valence-corrected chi connectivity index (χ4v) is 4.89. The van der Waals surface area contributed by atoms with Crippen LogP contribution in [0.3, 0.4) is 0 Å². The lowest BCUT2D eigenvalue weighted by molar-refractivity contribution is -0.127. The molecule has 0 atom stereocenters. The van der Waals surface area contributed by atoms with Gasteiger partial charge in [-0.05, 0) is 44.0 Å². The Bertz CT molecular complexity index is 1370. The number of hydrogen-bond donors (Lipinski definition) is 1. The third-order valence-electron chi connectivity index (χ3n) is 5.79. The van der Waals surface area contributed by atoms with Crippen molar-refractivity contribution in [1.29, 1.82) is 0 Å². The summed E-state index contributed by atoms with van der Waals surface area (Å²) in [5.74, 6) is -0.723. The maximum Gasteiger partial charge on any atom is 0.307 e. The zero-order valence-corrected chi connectivity index (χ0v) is 22.3. The summed E-state index contributed by atoms with van der Waals surface area (Å²) in [6.45, 7) is 7.00. The zero-order valence-electron chi connectivity index (χ0n) is 21.5. The normalized spacial score (nSPS) is 12.2. The van der Waals surface area contributed by atoms with Crippen molar-refractivity contribution in [2.24, 2.45) is 0 Å². The quantitative estimate of drug-likeness (QED) is 0.417. The van der Waals surface area contributed by atoms with Crippen LogP contribution < -0.4 is 5.32 Å². The molecule has 0 unspecified atom stereocenters. The van der Waals surface area contributed by atoms with E-state index < -0.39 is 16.1 Å². The summed E-state index contributed by atoms with van der Waals surface area (Å²) in [6.07, 6.45) is 4.59. The summed E-state index contributed by atoms with van der Waals surface area (Å²) in [7, 11) is -0.880. The second kappa shape index (κ2) is 11.5. The molecule has 0 radical (unpaired) electrons. The molecule has 8 nitrogen and oxygen atoms in total. The fraction of sp³-hybridized carbons (Fsp3) is 0.333. The number of carbonyl (C=O) groups excluding carboxylic acids is 2. The van der Waals surface area contributed by atoms with Crippen molar-refractivity contribution >= 4 is 39.0 Å². The van der Waals surface area contributed by atoms with Gasteiger partial charge in [0.1, 0.15) is 5.70 Å². The highest BCUT2D eigenvalue weighted by Gasteiger charge is 2.23. The van der Waals surface area contributed by atoms with E-state index in [0.29, 0.717) is 35.1 Å². The molecule has 0 bridgehead atoms. The van der Waals surface area contributed by atoms with Crippen LogP contribution in [0.5, 0.6) is 0 Å². The molecule has 0 fully saturated rings. The van der Waals surface area contributed by atoms with E-state index in [2.05, 4.69) is 5.32 Å². The second-order valence-corrected chi connectivity index (χ2v) is 10.9. The molecule has 1 aromatic heterocycles. The van der Waals surface area contributed by atoms with E-state index in [4.69, 9.17) is 0 Å². The molecule has 2 aromatic carbocycles. The number of hydrogen-bond acceptors (Lipinski definition) is 4. The molecule has 9 heteroatoms. The minimum atomic E-state index is -3.80. The lowest BCUT2D eigenvalue weighted by Crippen LogP contribution is -2.39. The molecule has 192 valence electrons. The molecule has 3 rings (SSSR count). The highest BCUT2D eigenvalue weighted by Crippen LogP contribution is 2.26. The number of amides is 2. The summed E-state index contributed by atoms with van der Waals surface area (Å²) >= 11 is 0. The standard InChI is InChI=1S/C27H34N4O4S/c1-6-16-30(17-7-2)27(33)24(28-26(32)21-14-12-20(3)13-15-21)18-22-19-31(36(34,35)29(4)5)25-11-9-8-10-23(22)25/h8-15,18-19H,6-7,16-17H2,1-5H3,(H,28,32)/b24-18-. The summed E-state index contributed by atoms with van der Waals surface area (Å²) in [5.41, 5.74) is 2.53. The van der Waals surface area contributed by atoms with E-state index in [0.717, 1.165) is 22.7 Å². The van der Waals surface area contributed by atoms with Crippen LogP contribution in [0.25, 0.3) is 17.0 Å². The molecule has 1 heterocycles. The first-order valence-corrected chi connectivity index (χ1v) is 13.4. The molecule has 1 N–H and O–H groups in total. The van der Waals surface area contributed by atoms with Crippen LogP contribution in [0.4, 0.5) is 0 Å². The number of nitrogens with zero attached hydrogens (tertiary/aromatic N) is 3. The molecule has 0 saturated carbocycles. The monoisotopic (exact) mass is 510 g/mol. The Morgan fingerprint density at radius 2 is 1.58 bits per heavy atom. The van der Waals surface area contributed by atoms with Gasteiger partial charge in [-0.25, -0.2) is 3.97 Å². The number of rotatable bonds is 10. The van der Waals surface area contributed by atoms with Crippen LogP contribution in [0.1, 0.15) is 48.2 Å². The van der Waals surface area contributed by atoms with E-state index in [1.807, 2.05) is 32.9 Å². The predicted octanol–water partition coefficient (Wildman–Crippen LogP) is 4.02. The Balaban J connectivity index is 2.15. The van der Waals surface area contributed by atoms with E-state index in [1.165, 1.54) is 24.3 Å². The third-order valence-corrected chi connectivity index (χ3v) is 7.51. The van der Waals surface area contributed by atoms with Gasteiger partial charge >= 0.3 is 10.2 Å². The van der Waals surface area contributed by atoms with Crippen LogP contribution in [-0.4, -0.2) is 60.6 Å². The van der Waals surface area contributed by atoms with E-state index in [-0.39, 0.29) is 11.6 Å². The average molecular weight is 511 g/mol. The van der Waals surface area contributed by atoms with Crippen molar-refractivity contribution in [2.75, 3.05) is 27.2 Å². The van der Waals surface area contributed by atoms with E-state index in [9.17, 15) is 18.0 Å². The van der Waals surface area contributed by atoms with Gasteiger partial charge in [0.2, 0.25) is 0 Å². The van der Waals surface area contributed by atoms with Gasteiger partial charge in [-0.1, -0.05) is 49.7 Å². The van der Waals surface area contributed by atoms with Gasteiger partial charge in [-0.15, -0.1) is 0 Å². The SMILES string of the molecule is CCCN(CCC)C(=O)/C(=C/c1cn(S(=O)(=O)N(C)C)c2ccccc12)NC(=O)c1ccc(C)cc1. The molecule has 0 aliphatic carbocycles. The van der Waals surface area contributed by atoms with Gasteiger partial charge in [-0.2, -0.15) is 12.7 Å². The largest absolute Gasteiger partial charge is 0.337 e. The minimum Gasteiger partial charge on any atom is -0.337 e. The van der Waals surface area contributed by atoms with Crippen LogP contribution in [0, 0.1) is 6.92 Å². The zero-order chi connectivity index (χ0) is 26.5. The summed E-state index contributed by atoms with van der Waals surface area (Å²) < 4.78 is 28.3. The lowest BCUT2D eigenvalue weighted by atomic mass is 10.1. The highest BCUT2D eigenvalue weighted by molar-refractivity contribution is 7.87. The van der Waals surface area contributed by atoms with Crippen LogP contribution >= 0.6 is 0 Å². The van der Waals surface area contributed by atoms with Crippen molar-refractivity contribution in [3.63, 3.8) is 0 Å². The van der Waals surface area contributed by atoms with Crippen LogP contribution in [0.15, 0.2) is 60.4 Å². The summed E-state index contributed by atoms with van der Waals surface area (Å²) in [5, 5.41) is 3.44. The lowest BCUT2D eigenvalue weighted by Gasteiger charge is -2.23.